The van der Waals surface area contributed by atoms with Gasteiger partial charge in [0.05, 0.1) is 18.2 Å². The van der Waals surface area contributed by atoms with Crippen LogP contribution in [0.5, 0.6) is 5.75 Å². The Bertz CT molecular complexity index is 1120. The van der Waals surface area contributed by atoms with E-state index in [9.17, 15) is 18.0 Å². The molecule has 2 N–H and O–H groups in total. The standard InChI is InChI=1S/C21H20F3N5O2S/c1-3-31-16-9-7-13(8-10-16)17-18(32-20-27-26-12(2)29(20)28-17)19(30)25-15-6-4-5-14(11-15)21(22,23)24/h4-11,17-18,28H,3H2,1-2H3,(H,25,30)/t17-,18+/m0/s1. The van der Waals surface area contributed by atoms with Gasteiger partial charge in [-0.25, -0.2) is 4.68 Å². The number of alkyl halides is 3. The predicted octanol–water partition coefficient (Wildman–Crippen LogP) is 4.40. The van der Waals surface area contributed by atoms with Crippen LogP contribution in [-0.2, 0) is 11.0 Å². The Morgan fingerprint density at radius 2 is 1.97 bits per heavy atom. The molecule has 11 heteroatoms. The van der Waals surface area contributed by atoms with E-state index in [2.05, 4.69) is 20.9 Å². The highest BCUT2D eigenvalue weighted by molar-refractivity contribution is 8.00. The van der Waals surface area contributed by atoms with Crippen molar-refractivity contribution < 1.29 is 22.7 Å². The van der Waals surface area contributed by atoms with Gasteiger partial charge in [-0.05, 0) is 49.7 Å². The van der Waals surface area contributed by atoms with E-state index in [1.165, 1.54) is 23.9 Å². The second-order valence-corrected chi connectivity index (χ2v) is 8.19. The van der Waals surface area contributed by atoms with E-state index in [-0.39, 0.29) is 5.69 Å². The zero-order chi connectivity index (χ0) is 22.9. The lowest BCUT2D eigenvalue weighted by Gasteiger charge is -2.32. The van der Waals surface area contributed by atoms with E-state index in [4.69, 9.17) is 4.74 Å². The van der Waals surface area contributed by atoms with Crippen LogP contribution in [0.15, 0.2) is 53.7 Å². The summed E-state index contributed by atoms with van der Waals surface area (Å²) in [6, 6.07) is 11.4. The van der Waals surface area contributed by atoms with Crippen LogP contribution in [0.2, 0.25) is 0 Å². The van der Waals surface area contributed by atoms with Crippen LogP contribution < -0.4 is 15.5 Å². The molecule has 1 aromatic heterocycles. The van der Waals surface area contributed by atoms with Crippen molar-refractivity contribution in [1.29, 1.82) is 0 Å². The van der Waals surface area contributed by atoms with Gasteiger partial charge in [0.15, 0.2) is 0 Å². The first-order chi connectivity index (χ1) is 15.3. The number of nitrogens with zero attached hydrogens (tertiary/aromatic N) is 3. The first kappa shape index (κ1) is 22.0. The summed E-state index contributed by atoms with van der Waals surface area (Å²) in [7, 11) is 0. The summed E-state index contributed by atoms with van der Waals surface area (Å²) in [5, 5.41) is 10.5. The summed E-state index contributed by atoms with van der Waals surface area (Å²) in [5.41, 5.74) is 3.30. The maximum absolute atomic E-state index is 13.2. The number of anilines is 1. The van der Waals surface area contributed by atoms with Gasteiger partial charge in [-0.2, -0.15) is 13.2 Å². The Balaban J connectivity index is 1.62. The second-order valence-electron chi connectivity index (χ2n) is 7.08. The number of ether oxygens (including phenoxy) is 1. The lowest BCUT2D eigenvalue weighted by molar-refractivity contribution is -0.137. The molecule has 0 fully saturated rings. The molecule has 0 unspecified atom stereocenters. The molecular weight excluding hydrogens is 443 g/mol. The van der Waals surface area contributed by atoms with Crippen LogP contribution in [0.25, 0.3) is 0 Å². The Morgan fingerprint density at radius 3 is 2.66 bits per heavy atom. The highest BCUT2D eigenvalue weighted by Gasteiger charge is 2.38. The summed E-state index contributed by atoms with van der Waals surface area (Å²) in [4.78, 5) is 13.2. The third kappa shape index (κ3) is 4.52. The van der Waals surface area contributed by atoms with E-state index in [1.807, 2.05) is 31.2 Å². The van der Waals surface area contributed by atoms with Crippen LogP contribution in [-0.4, -0.2) is 32.6 Å². The maximum atomic E-state index is 13.2. The molecule has 32 heavy (non-hydrogen) atoms. The van der Waals surface area contributed by atoms with Crippen molar-refractivity contribution in [3.63, 3.8) is 0 Å². The number of hydrogen-bond donors (Lipinski definition) is 2. The van der Waals surface area contributed by atoms with Crippen molar-refractivity contribution in [2.45, 2.75) is 36.5 Å². The number of benzene rings is 2. The van der Waals surface area contributed by atoms with Crippen LogP contribution in [0.4, 0.5) is 18.9 Å². The summed E-state index contributed by atoms with van der Waals surface area (Å²) >= 11 is 1.19. The van der Waals surface area contributed by atoms with Gasteiger partial charge >= 0.3 is 6.18 Å². The molecule has 0 saturated heterocycles. The second kappa shape index (κ2) is 8.73. The predicted molar refractivity (Wildman–Crippen MR) is 114 cm³/mol. The van der Waals surface area contributed by atoms with Gasteiger partial charge < -0.3 is 15.5 Å². The maximum Gasteiger partial charge on any atom is 0.416 e. The lowest BCUT2D eigenvalue weighted by Crippen LogP contribution is -2.41. The molecular formula is C21H20F3N5O2S. The highest BCUT2D eigenvalue weighted by atomic mass is 32.2. The van der Waals surface area contributed by atoms with Gasteiger partial charge in [-0.3, -0.25) is 4.79 Å². The molecule has 4 rings (SSSR count). The smallest absolute Gasteiger partial charge is 0.416 e. The number of aromatic nitrogens is 3. The number of aryl methyl sites for hydroxylation is 1. The normalized spacial score (nSPS) is 17.9. The number of nitrogens with one attached hydrogen (secondary N) is 2. The highest BCUT2D eigenvalue weighted by Crippen LogP contribution is 2.38. The summed E-state index contributed by atoms with van der Waals surface area (Å²) in [5.74, 6) is 0.874. The Morgan fingerprint density at radius 1 is 1.22 bits per heavy atom. The fourth-order valence-corrected chi connectivity index (χ4v) is 4.46. The zero-order valence-corrected chi connectivity index (χ0v) is 18.0. The third-order valence-corrected chi connectivity index (χ3v) is 6.08. The molecule has 168 valence electrons. The van der Waals surface area contributed by atoms with Crippen LogP contribution >= 0.6 is 11.8 Å². The van der Waals surface area contributed by atoms with Crippen molar-refractivity contribution >= 4 is 23.4 Å². The van der Waals surface area contributed by atoms with Gasteiger partial charge in [0.1, 0.15) is 16.8 Å². The zero-order valence-electron chi connectivity index (χ0n) is 17.2. The number of rotatable bonds is 5. The minimum Gasteiger partial charge on any atom is -0.494 e. The SMILES string of the molecule is CCOc1ccc([C@@H]2Nn3c(C)nnc3S[C@H]2C(=O)Nc2cccc(C(F)(F)F)c2)cc1. The quantitative estimate of drug-likeness (QED) is 0.584. The number of carbonyl (C=O) groups is 1. The Kier molecular flexibility index (Phi) is 6.00. The van der Waals surface area contributed by atoms with E-state index in [0.29, 0.717) is 23.3 Å². The van der Waals surface area contributed by atoms with E-state index < -0.39 is 28.9 Å². The van der Waals surface area contributed by atoms with Crippen LogP contribution in [0, 0.1) is 6.92 Å². The molecule has 2 heterocycles. The topological polar surface area (TPSA) is 81.1 Å². The molecule has 0 saturated carbocycles. The monoisotopic (exact) mass is 463 g/mol. The van der Waals surface area contributed by atoms with Crippen LogP contribution in [0.1, 0.15) is 29.9 Å². The van der Waals surface area contributed by atoms with Gasteiger partial charge in [0.25, 0.3) is 0 Å². The summed E-state index contributed by atoms with van der Waals surface area (Å²) in [6.45, 7) is 4.20. The molecule has 0 aliphatic carbocycles. The van der Waals surface area contributed by atoms with Crippen molar-refractivity contribution in [2.24, 2.45) is 0 Å². The largest absolute Gasteiger partial charge is 0.494 e. The molecule has 0 bridgehead atoms. The minimum atomic E-state index is -4.50. The van der Waals surface area contributed by atoms with Gasteiger partial charge in [-0.15, -0.1) is 10.2 Å². The summed E-state index contributed by atoms with van der Waals surface area (Å²) < 4.78 is 46.3. The first-order valence-corrected chi connectivity index (χ1v) is 10.7. The van der Waals surface area contributed by atoms with Gasteiger partial charge in [-0.1, -0.05) is 30.0 Å². The molecule has 0 radical (unpaired) electrons. The molecule has 0 spiro atoms. The van der Waals surface area contributed by atoms with Gasteiger partial charge in [0.2, 0.25) is 11.1 Å². The fraction of sp³-hybridized carbons (Fsp3) is 0.286. The molecule has 2 aromatic carbocycles. The lowest BCUT2D eigenvalue weighted by atomic mass is 10.0. The number of carbonyl (C=O) groups excluding carboxylic acids is 1. The number of thioether (sulfide) groups is 1. The van der Waals surface area contributed by atoms with E-state index in [0.717, 1.165) is 17.7 Å². The summed E-state index contributed by atoms with van der Waals surface area (Å²) in [6.07, 6.45) is -4.50. The number of halogens is 3. The Hall–Kier alpha value is -3.21. The van der Waals surface area contributed by atoms with Crippen molar-refractivity contribution in [2.75, 3.05) is 17.3 Å². The number of fused-ring (bicyclic) bond motifs is 1. The minimum absolute atomic E-state index is 0.0686. The first-order valence-electron chi connectivity index (χ1n) is 9.82. The third-order valence-electron chi connectivity index (χ3n) is 4.86. The molecule has 1 amide bonds. The average Bonchev–Trinajstić information content (AvgIpc) is 3.13. The number of amides is 1. The number of hydrogen-bond acceptors (Lipinski definition) is 6. The van der Waals surface area contributed by atoms with E-state index >= 15 is 0 Å². The van der Waals surface area contributed by atoms with Crippen molar-refractivity contribution in [3.05, 3.63) is 65.5 Å². The fourth-order valence-electron chi connectivity index (χ4n) is 3.34. The molecule has 1 aliphatic rings. The molecule has 1 aliphatic heterocycles. The molecule has 3 aromatic rings. The van der Waals surface area contributed by atoms with E-state index in [1.54, 1.807) is 11.6 Å². The van der Waals surface area contributed by atoms with Crippen molar-refractivity contribution in [1.82, 2.24) is 14.9 Å². The van der Waals surface area contributed by atoms with Gasteiger partial charge in [0, 0.05) is 5.69 Å². The average molecular weight is 463 g/mol. The molecule has 7 nitrogen and oxygen atoms in total. The Labute approximate surface area is 186 Å². The van der Waals surface area contributed by atoms with Crippen LogP contribution in [0.3, 0.4) is 0 Å². The van der Waals surface area contributed by atoms with Crippen molar-refractivity contribution in [3.8, 4) is 5.75 Å². The molecule has 2 atom stereocenters.